The third-order valence-electron chi connectivity index (χ3n) is 4.14. The van der Waals surface area contributed by atoms with E-state index in [2.05, 4.69) is 37.8 Å². The Balaban J connectivity index is 2.17. The maximum Gasteiger partial charge on any atom is 0.0566 e. The number of hydrogen-bond acceptors (Lipinski definition) is 3. The first-order valence-electron chi connectivity index (χ1n) is 6.65. The van der Waals surface area contributed by atoms with Crippen LogP contribution in [0.25, 0.3) is 0 Å². The van der Waals surface area contributed by atoms with Crippen LogP contribution in [0.3, 0.4) is 0 Å². The van der Waals surface area contributed by atoms with Gasteiger partial charge in [-0.15, -0.1) is 11.3 Å². The number of nitrogens with zero attached hydrogens (tertiary/aromatic N) is 1. The Morgan fingerprint density at radius 3 is 2.82 bits per heavy atom. The molecule has 0 spiro atoms. The third kappa shape index (κ3) is 2.72. The van der Waals surface area contributed by atoms with E-state index in [4.69, 9.17) is 5.73 Å². The van der Waals surface area contributed by atoms with E-state index >= 15 is 0 Å². The van der Waals surface area contributed by atoms with Gasteiger partial charge in [-0.1, -0.05) is 6.92 Å². The van der Waals surface area contributed by atoms with Gasteiger partial charge in [0.1, 0.15) is 0 Å². The molecule has 0 aliphatic carbocycles. The van der Waals surface area contributed by atoms with E-state index < -0.39 is 0 Å². The molecule has 17 heavy (non-hydrogen) atoms. The van der Waals surface area contributed by atoms with Crippen LogP contribution in [0.15, 0.2) is 12.1 Å². The maximum absolute atomic E-state index is 6.02. The van der Waals surface area contributed by atoms with Crippen molar-refractivity contribution in [1.29, 1.82) is 0 Å². The summed E-state index contributed by atoms with van der Waals surface area (Å²) >= 11 is 1.90. The molecule has 3 atom stereocenters. The predicted octanol–water partition coefficient (Wildman–Crippen LogP) is 3.18. The molecule has 2 heterocycles. The Morgan fingerprint density at radius 1 is 1.47 bits per heavy atom. The van der Waals surface area contributed by atoms with E-state index in [1.54, 1.807) is 0 Å². The minimum atomic E-state index is 0.423. The fourth-order valence-corrected chi connectivity index (χ4v) is 3.87. The molecule has 2 nitrogen and oxygen atoms in total. The molecular weight excluding hydrogens is 228 g/mol. The minimum Gasteiger partial charge on any atom is -0.329 e. The van der Waals surface area contributed by atoms with Crippen LogP contribution in [0, 0.1) is 12.8 Å². The summed E-state index contributed by atoms with van der Waals surface area (Å²) in [5.41, 5.74) is 6.02. The molecule has 96 valence electrons. The summed E-state index contributed by atoms with van der Waals surface area (Å²) in [5, 5.41) is 0. The summed E-state index contributed by atoms with van der Waals surface area (Å²) in [6.07, 6.45) is 2.67. The lowest BCUT2D eigenvalue weighted by atomic mass is 9.90. The van der Waals surface area contributed by atoms with Crippen molar-refractivity contribution in [3.05, 3.63) is 21.9 Å². The maximum atomic E-state index is 6.02. The SMILES string of the molecule is Cc1ccc(C(CN)N2CCCC(C)C2C)s1. The topological polar surface area (TPSA) is 29.3 Å². The van der Waals surface area contributed by atoms with Crippen LogP contribution in [-0.4, -0.2) is 24.0 Å². The fourth-order valence-electron chi connectivity index (χ4n) is 2.85. The number of aryl methyl sites for hydroxylation is 1. The van der Waals surface area contributed by atoms with Crippen LogP contribution in [0.5, 0.6) is 0 Å². The van der Waals surface area contributed by atoms with Crippen molar-refractivity contribution >= 4 is 11.3 Å². The van der Waals surface area contributed by atoms with Crippen molar-refractivity contribution in [2.75, 3.05) is 13.1 Å². The molecule has 1 aliphatic rings. The Kier molecular flexibility index (Phi) is 4.23. The van der Waals surface area contributed by atoms with Gasteiger partial charge in [0, 0.05) is 22.3 Å². The Labute approximate surface area is 109 Å². The monoisotopic (exact) mass is 252 g/mol. The van der Waals surface area contributed by atoms with Gasteiger partial charge < -0.3 is 5.73 Å². The molecule has 2 N–H and O–H groups in total. The van der Waals surface area contributed by atoms with Crippen LogP contribution in [0.1, 0.15) is 42.5 Å². The van der Waals surface area contributed by atoms with Gasteiger partial charge in [-0.05, 0) is 51.3 Å². The Hall–Kier alpha value is -0.380. The molecule has 3 heteroatoms. The average Bonchev–Trinajstić information content (AvgIpc) is 2.72. The molecule has 0 radical (unpaired) electrons. The summed E-state index contributed by atoms with van der Waals surface area (Å²) in [6.45, 7) is 8.82. The van der Waals surface area contributed by atoms with Gasteiger partial charge in [-0.3, -0.25) is 4.90 Å². The summed E-state index contributed by atoms with van der Waals surface area (Å²) in [6, 6.07) is 5.54. The smallest absolute Gasteiger partial charge is 0.0566 e. The Bertz CT molecular complexity index is 361. The van der Waals surface area contributed by atoms with E-state index in [0.717, 1.165) is 12.5 Å². The highest BCUT2D eigenvalue weighted by Crippen LogP contribution is 2.33. The van der Waals surface area contributed by atoms with Crippen molar-refractivity contribution in [1.82, 2.24) is 4.90 Å². The van der Waals surface area contributed by atoms with E-state index in [1.807, 2.05) is 11.3 Å². The van der Waals surface area contributed by atoms with E-state index in [9.17, 15) is 0 Å². The molecule has 1 saturated heterocycles. The molecular formula is C14H24N2S. The zero-order valence-corrected chi connectivity index (χ0v) is 12.0. The van der Waals surface area contributed by atoms with E-state index in [-0.39, 0.29) is 0 Å². The zero-order chi connectivity index (χ0) is 12.4. The first-order valence-corrected chi connectivity index (χ1v) is 7.47. The molecule has 0 saturated carbocycles. The lowest BCUT2D eigenvalue weighted by molar-refractivity contribution is 0.0724. The van der Waals surface area contributed by atoms with Gasteiger partial charge in [0.2, 0.25) is 0 Å². The van der Waals surface area contributed by atoms with Crippen molar-refractivity contribution in [2.24, 2.45) is 11.7 Å². The summed E-state index contributed by atoms with van der Waals surface area (Å²) in [7, 11) is 0. The second-order valence-electron chi connectivity index (χ2n) is 5.30. The van der Waals surface area contributed by atoms with Crippen LogP contribution in [0.2, 0.25) is 0 Å². The van der Waals surface area contributed by atoms with E-state index in [1.165, 1.54) is 29.1 Å². The van der Waals surface area contributed by atoms with Gasteiger partial charge in [0.05, 0.1) is 6.04 Å². The van der Waals surface area contributed by atoms with Gasteiger partial charge in [0.15, 0.2) is 0 Å². The highest BCUT2D eigenvalue weighted by molar-refractivity contribution is 7.12. The molecule has 1 aromatic rings. The number of hydrogen-bond donors (Lipinski definition) is 1. The molecule has 0 amide bonds. The molecule has 2 rings (SSSR count). The largest absolute Gasteiger partial charge is 0.329 e. The fraction of sp³-hybridized carbons (Fsp3) is 0.714. The number of thiophene rings is 1. The second-order valence-corrected chi connectivity index (χ2v) is 6.62. The van der Waals surface area contributed by atoms with Crippen LogP contribution in [-0.2, 0) is 0 Å². The quantitative estimate of drug-likeness (QED) is 0.895. The first kappa shape index (κ1) is 13.1. The highest BCUT2D eigenvalue weighted by atomic mass is 32.1. The molecule has 0 aromatic carbocycles. The molecule has 1 fully saturated rings. The summed E-state index contributed by atoms with van der Waals surface area (Å²) < 4.78 is 0. The molecule has 0 bridgehead atoms. The van der Waals surface area contributed by atoms with Gasteiger partial charge in [-0.2, -0.15) is 0 Å². The lowest BCUT2D eigenvalue weighted by Gasteiger charge is -2.42. The lowest BCUT2D eigenvalue weighted by Crippen LogP contribution is -2.46. The van der Waals surface area contributed by atoms with Crippen LogP contribution >= 0.6 is 11.3 Å². The minimum absolute atomic E-state index is 0.423. The zero-order valence-electron chi connectivity index (χ0n) is 11.1. The van der Waals surface area contributed by atoms with Gasteiger partial charge in [0.25, 0.3) is 0 Å². The Morgan fingerprint density at radius 2 is 2.24 bits per heavy atom. The first-order chi connectivity index (χ1) is 8.13. The second kappa shape index (κ2) is 5.51. The van der Waals surface area contributed by atoms with Crippen molar-refractivity contribution in [3.8, 4) is 0 Å². The van der Waals surface area contributed by atoms with E-state index in [0.29, 0.717) is 12.1 Å². The molecule has 1 aromatic heterocycles. The highest BCUT2D eigenvalue weighted by Gasteiger charge is 2.30. The average molecular weight is 252 g/mol. The van der Waals surface area contributed by atoms with Crippen LogP contribution in [0.4, 0.5) is 0 Å². The number of nitrogens with two attached hydrogens (primary N) is 1. The standard InChI is InChI=1S/C14H24N2S/c1-10-5-4-8-16(12(10)3)13(9-15)14-7-6-11(2)17-14/h6-7,10,12-13H,4-5,8-9,15H2,1-3H3. The van der Waals surface area contributed by atoms with Crippen molar-refractivity contribution in [2.45, 2.75) is 45.7 Å². The van der Waals surface area contributed by atoms with Crippen LogP contribution < -0.4 is 5.73 Å². The van der Waals surface area contributed by atoms with Crippen molar-refractivity contribution in [3.63, 3.8) is 0 Å². The van der Waals surface area contributed by atoms with Crippen molar-refractivity contribution < 1.29 is 0 Å². The third-order valence-corrected chi connectivity index (χ3v) is 5.24. The summed E-state index contributed by atoms with van der Waals surface area (Å²) in [5.74, 6) is 0.791. The number of likely N-dealkylation sites (tertiary alicyclic amines) is 1. The number of rotatable bonds is 3. The van der Waals surface area contributed by atoms with Gasteiger partial charge >= 0.3 is 0 Å². The summed E-state index contributed by atoms with van der Waals surface area (Å²) in [4.78, 5) is 5.43. The van der Waals surface area contributed by atoms with Gasteiger partial charge in [-0.25, -0.2) is 0 Å². The predicted molar refractivity (Wildman–Crippen MR) is 75.4 cm³/mol. The normalized spacial score (nSPS) is 28.2. The molecule has 3 unspecified atom stereocenters. The molecule has 1 aliphatic heterocycles. The number of piperidine rings is 1.